The average Bonchev–Trinajstić information content (AvgIpc) is 2.24. The van der Waals surface area contributed by atoms with Gasteiger partial charge in [-0.25, -0.2) is 0 Å². The molecule has 1 atom stereocenters. The van der Waals surface area contributed by atoms with Crippen molar-refractivity contribution in [2.75, 3.05) is 19.8 Å². The lowest BCUT2D eigenvalue weighted by Crippen LogP contribution is -2.23. The molecule has 0 aliphatic carbocycles. The Morgan fingerprint density at radius 3 is 2.93 bits per heavy atom. The maximum Gasteiger partial charge on any atom is 0.0590 e. The maximum absolute atomic E-state index is 5.27. The van der Waals surface area contributed by atoms with Gasteiger partial charge < -0.3 is 10.1 Å². The molecule has 2 nitrogen and oxygen atoms in total. The highest BCUT2D eigenvalue weighted by Gasteiger charge is 2.03. The van der Waals surface area contributed by atoms with Crippen LogP contribution in [0.4, 0.5) is 0 Å². The molecule has 1 aromatic carbocycles. The van der Waals surface area contributed by atoms with Crippen LogP contribution >= 0.6 is 15.9 Å². The fraction of sp³-hybridized carbons (Fsp3) is 0.500. The van der Waals surface area contributed by atoms with Crippen molar-refractivity contribution in [3.8, 4) is 0 Å². The van der Waals surface area contributed by atoms with E-state index in [2.05, 4.69) is 46.4 Å². The van der Waals surface area contributed by atoms with Crippen LogP contribution in [0.25, 0.3) is 0 Å². The lowest BCUT2D eigenvalue weighted by atomic mass is 10.1. The van der Waals surface area contributed by atoms with Gasteiger partial charge in [-0.3, -0.25) is 0 Å². The van der Waals surface area contributed by atoms with E-state index in [0.29, 0.717) is 6.04 Å². The molecule has 1 aromatic rings. The standard InChI is InChI=1S/C12H18BrNO/c1-3-15-8-7-14-10(2)11-5-4-6-12(13)9-11/h4-6,9-10,14H,3,7-8H2,1-2H3/t10-/m1/s1. The molecule has 0 saturated carbocycles. The molecule has 1 N–H and O–H groups in total. The zero-order chi connectivity index (χ0) is 11.1. The van der Waals surface area contributed by atoms with E-state index in [1.165, 1.54) is 5.56 Å². The zero-order valence-electron chi connectivity index (χ0n) is 9.29. The van der Waals surface area contributed by atoms with Crippen molar-refractivity contribution >= 4 is 15.9 Å². The Morgan fingerprint density at radius 1 is 1.47 bits per heavy atom. The van der Waals surface area contributed by atoms with Gasteiger partial charge in [0.05, 0.1) is 6.61 Å². The van der Waals surface area contributed by atoms with Crippen molar-refractivity contribution in [2.24, 2.45) is 0 Å². The quantitative estimate of drug-likeness (QED) is 0.803. The Labute approximate surface area is 100 Å². The molecule has 0 unspecified atom stereocenters. The summed E-state index contributed by atoms with van der Waals surface area (Å²) in [5.74, 6) is 0. The number of hydrogen-bond donors (Lipinski definition) is 1. The van der Waals surface area contributed by atoms with Gasteiger partial charge in [0.15, 0.2) is 0 Å². The van der Waals surface area contributed by atoms with Gasteiger partial charge in [-0.1, -0.05) is 28.1 Å². The summed E-state index contributed by atoms with van der Waals surface area (Å²) in [7, 11) is 0. The Balaban J connectivity index is 2.36. The average molecular weight is 272 g/mol. The van der Waals surface area contributed by atoms with Crippen molar-refractivity contribution in [1.29, 1.82) is 0 Å². The molecular formula is C12H18BrNO. The Bertz CT molecular complexity index is 291. The number of rotatable bonds is 6. The van der Waals surface area contributed by atoms with E-state index in [1.54, 1.807) is 0 Å². The second-order valence-electron chi connectivity index (χ2n) is 3.43. The summed E-state index contributed by atoms with van der Waals surface area (Å²) in [6, 6.07) is 8.72. The van der Waals surface area contributed by atoms with Gasteiger partial charge in [0, 0.05) is 23.7 Å². The van der Waals surface area contributed by atoms with Crippen LogP contribution in [0.3, 0.4) is 0 Å². The summed E-state index contributed by atoms with van der Waals surface area (Å²) in [6.45, 7) is 6.62. The number of hydrogen-bond acceptors (Lipinski definition) is 2. The van der Waals surface area contributed by atoms with Crippen molar-refractivity contribution < 1.29 is 4.74 Å². The first kappa shape index (κ1) is 12.7. The lowest BCUT2D eigenvalue weighted by Gasteiger charge is -2.14. The Kier molecular flexibility index (Phi) is 5.91. The first-order valence-corrected chi connectivity index (χ1v) is 6.10. The van der Waals surface area contributed by atoms with Gasteiger partial charge in [0.2, 0.25) is 0 Å². The van der Waals surface area contributed by atoms with Gasteiger partial charge in [-0.2, -0.15) is 0 Å². The number of nitrogens with one attached hydrogen (secondary N) is 1. The van der Waals surface area contributed by atoms with E-state index < -0.39 is 0 Å². The highest BCUT2D eigenvalue weighted by atomic mass is 79.9. The van der Waals surface area contributed by atoms with E-state index >= 15 is 0 Å². The number of benzene rings is 1. The molecule has 0 fully saturated rings. The van der Waals surface area contributed by atoms with Gasteiger partial charge in [0.1, 0.15) is 0 Å². The molecule has 0 aliphatic heterocycles. The largest absolute Gasteiger partial charge is 0.380 e. The molecule has 0 radical (unpaired) electrons. The van der Waals surface area contributed by atoms with Crippen LogP contribution in [0.5, 0.6) is 0 Å². The highest BCUT2D eigenvalue weighted by molar-refractivity contribution is 9.10. The topological polar surface area (TPSA) is 21.3 Å². The second kappa shape index (κ2) is 6.99. The van der Waals surface area contributed by atoms with Crippen LogP contribution < -0.4 is 5.32 Å². The van der Waals surface area contributed by atoms with Gasteiger partial charge >= 0.3 is 0 Å². The minimum Gasteiger partial charge on any atom is -0.380 e. The van der Waals surface area contributed by atoms with E-state index in [0.717, 1.165) is 24.2 Å². The summed E-state index contributed by atoms with van der Waals surface area (Å²) < 4.78 is 6.40. The van der Waals surface area contributed by atoms with E-state index in [4.69, 9.17) is 4.74 Å². The highest BCUT2D eigenvalue weighted by Crippen LogP contribution is 2.17. The molecule has 0 spiro atoms. The number of ether oxygens (including phenoxy) is 1. The van der Waals surface area contributed by atoms with Crippen molar-refractivity contribution in [3.63, 3.8) is 0 Å². The van der Waals surface area contributed by atoms with Crippen molar-refractivity contribution in [1.82, 2.24) is 5.32 Å². The first-order valence-electron chi connectivity index (χ1n) is 5.30. The molecule has 15 heavy (non-hydrogen) atoms. The third-order valence-electron chi connectivity index (χ3n) is 2.25. The van der Waals surface area contributed by atoms with Gasteiger partial charge in [-0.15, -0.1) is 0 Å². The maximum atomic E-state index is 5.27. The smallest absolute Gasteiger partial charge is 0.0590 e. The Hall–Kier alpha value is -0.380. The Morgan fingerprint density at radius 2 is 2.27 bits per heavy atom. The van der Waals surface area contributed by atoms with Crippen LogP contribution in [0.2, 0.25) is 0 Å². The normalized spacial score (nSPS) is 12.7. The predicted octanol–water partition coefficient (Wildman–Crippen LogP) is 3.14. The molecule has 84 valence electrons. The van der Waals surface area contributed by atoms with E-state index in [-0.39, 0.29) is 0 Å². The summed E-state index contributed by atoms with van der Waals surface area (Å²) in [5.41, 5.74) is 1.29. The summed E-state index contributed by atoms with van der Waals surface area (Å²) in [5, 5.41) is 3.42. The minimum absolute atomic E-state index is 0.364. The first-order chi connectivity index (χ1) is 7.24. The fourth-order valence-corrected chi connectivity index (χ4v) is 1.80. The minimum atomic E-state index is 0.364. The van der Waals surface area contributed by atoms with E-state index in [9.17, 15) is 0 Å². The molecular weight excluding hydrogens is 254 g/mol. The molecule has 0 saturated heterocycles. The fourth-order valence-electron chi connectivity index (χ4n) is 1.39. The molecule has 0 amide bonds. The van der Waals surface area contributed by atoms with Crippen LogP contribution in [-0.2, 0) is 4.74 Å². The van der Waals surface area contributed by atoms with Gasteiger partial charge in [-0.05, 0) is 31.5 Å². The third-order valence-corrected chi connectivity index (χ3v) is 2.74. The monoisotopic (exact) mass is 271 g/mol. The van der Waals surface area contributed by atoms with Gasteiger partial charge in [0.25, 0.3) is 0 Å². The lowest BCUT2D eigenvalue weighted by molar-refractivity contribution is 0.147. The number of halogens is 1. The van der Waals surface area contributed by atoms with Crippen molar-refractivity contribution in [2.45, 2.75) is 19.9 Å². The summed E-state index contributed by atoms with van der Waals surface area (Å²) >= 11 is 3.47. The molecule has 0 heterocycles. The second-order valence-corrected chi connectivity index (χ2v) is 4.34. The predicted molar refractivity (Wildman–Crippen MR) is 67.1 cm³/mol. The van der Waals surface area contributed by atoms with Crippen LogP contribution in [0.1, 0.15) is 25.5 Å². The zero-order valence-corrected chi connectivity index (χ0v) is 10.9. The SMILES string of the molecule is CCOCCN[C@H](C)c1cccc(Br)c1. The summed E-state index contributed by atoms with van der Waals surface area (Å²) in [4.78, 5) is 0. The van der Waals surface area contributed by atoms with Crippen LogP contribution in [0, 0.1) is 0 Å². The molecule has 1 rings (SSSR count). The van der Waals surface area contributed by atoms with Crippen molar-refractivity contribution in [3.05, 3.63) is 34.3 Å². The molecule has 0 aromatic heterocycles. The summed E-state index contributed by atoms with van der Waals surface area (Å²) in [6.07, 6.45) is 0. The van der Waals surface area contributed by atoms with Crippen LogP contribution in [0.15, 0.2) is 28.7 Å². The molecule has 0 bridgehead atoms. The molecule has 0 aliphatic rings. The third kappa shape index (κ3) is 4.78. The van der Waals surface area contributed by atoms with E-state index in [1.807, 2.05) is 13.0 Å². The van der Waals surface area contributed by atoms with Crippen LogP contribution in [-0.4, -0.2) is 19.8 Å². The molecule has 3 heteroatoms.